The van der Waals surface area contributed by atoms with Crippen LogP contribution in [0.5, 0.6) is 0 Å². The molecule has 0 radical (unpaired) electrons. The third kappa shape index (κ3) is 3.10. The van der Waals surface area contributed by atoms with E-state index in [2.05, 4.69) is 4.98 Å². The fraction of sp³-hybridized carbons (Fsp3) is 0.167. The quantitative estimate of drug-likeness (QED) is 0.797. The highest BCUT2D eigenvalue weighted by molar-refractivity contribution is 7.16. The Bertz CT molecular complexity index is 600. The number of benzene rings is 1. The smallest absolute Gasteiger partial charge is 0.434 e. The summed E-state index contributed by atoms with van der Waals surface area (Å²) in [6.07, 6.45) is -5.85. The monoisotopic (exact) mass is 321 g/mol. The Morgan fingerprint density at radius 3 is 2.50 bits per heavy atom. The number of alkyl halides is 3. The molecule has 106 valence electrons. The van der Waals surface area contributed by atoms with Crippen molar-refractivity contribution in [2.75, 3.05) is 0 Å². The molecule has 0 aliphatic rings. The third-order valence-corrected chi connectivity index (χ3v) is 3.63. The Morgan fingerprint density at radius 1 is 1.30 bits per heavy atom. The van der Waals surface area contributed by atoms with Crippen molar-refractivity contribution in [2.24, 2.45) is 0 Å². The molecule has 2 rings (SSSR count). The Morgan fingerprint density at radius 2 is 1.95 bits per heavy atom. The summed E-state index contributed by atoms with van der Waals surface area (Å²) in [4.78, 5) is 13.6. The highest BCUT2D eigenvalue weighted by Crippen LogP contribution is 2.41. The van der Waals surface area contributed by atoms with Crippen molar-refractivity contribution < 1.29 is 22.7 Å². The highest BCUT2D eigenvalue weighted by Gasteiger charge is 2.40. The predicted molar refractivity (Wildman–Crippen MR) is 67.6 cm³/mol. The second kappa shape index (κ2) is 5.80. The maximum Gasteiger partial charge on any atom is 0.434 e. The van der Waals surface area contributed by atoms with Gasteiger partial charge >= 0.3 is 6.18 Å². The van der Waals surface area contributed by atoms with Gasteiger partial charge in [0, 0.05) is 0 Å². The Balaban J connectivity index is 2.53. The summed E-state index contributed by atoms with van der Waals surface area (Å²) >= 11 is 6.20. The molecule has 0 spiro atoms. The van der Waals surface area contributed by atoms with E-state index in [1.165, 1.54) is 0 Å². The molecule has 8 heteroatoms. The van der Waals surface area contributed by atoms with Gasteiger partial charge < -0.3 is 4.74 Å². The van der Waals surface area contributed by atoms with Gasteiger partial charge in [0.25, 0.3) is 6.47 Å². The van der Waals surface area contributed by atoms with Crippen LogP contribution in [0.1, 0.15) is 22.2 Å². The molecule has 3 nitrogen and oxygen atoms in total. The number of halogens is 4. The second-order valence-corrected chi connectivity index (χ2v) is 5.31. The largest absolute Gasteiger partial charge is 0.454 e. The summed E-state index contributed by atoms with van der Waals surface area (Å²) in [5, 5.41) is 0. The summed E-state index contributed by atoms with van der Waals surface area (Å²) in [5.74, 6) is 0. The normalized spacial score (nSPS) is 13.0. The van der Waals surface area contributed by atoms with Gasteiger partial charge in [0.15, 0.2) is 16.3 Å². The molecule has 0 bridgehead atoms. The van der Waals surface area contributed by atoms with Crippen LogP contribution in [0.4, 0.5) is 13.2 Å². The lowest BCUT2D eigenvalue weighted by molar-refractivity contribution is -0.144. The van der Waals surface area contributed by atoms with E-state index in [0.29, 0.717) is 16.9 Å². The molecule has 0 saturated carbocycles. The van der Waals surface area contributed by atoms with Gasteiger partial charge in [-0.15, -0.1) is 11.3 Å². The SMILES string of the molecule is O=COC(c1ccccc1)c1sc(Cl)nc1C(F)(F)F. The fourth-order valence-electron chi connectivity index (χ4n) is 1.66. The summed E-state index contributed by atoms with van der Waals surface area (Å²) in [7, 11) is 0. The number of carbonyl (C=O) groups excluding carboxylic acids is 1. The average molecular weight is 322 g/mol. The fourth-order valence-corrected chi connectivity index (χ4v) is 2.87. The summed E-state index contributed by atoms with van der Waals surface area (Å²) in [6.45, 7) is 0.103. The first-order valence-corrected chi connectivity index (χ1v) is 6.50. The van der Waals surface area contributed by atoms with E-state index in [1.54, 1.807) is 30.3 Å². The van der Waals surface area contributed by atoms with Crippen LogP contribution in [0.3, 0.4) is 0 Å². The molecule has 1 heterocycles. The van der Waals surface area contributed by atoms with Gasteiger partial charge in [0.2, 0.25) is 0 Å². The van der Waals surface area contributed by atoms with Crippen LogP contribution in [0, 0.1) is 0 Å². The van der Waals surface area contributed by atoms with Gasteiger partial charge in [-0.05, 0) is 5.56 Å². The maximum absolute atomic E-state index is 12.9. The zero-order valence-corrected chi connectivity index (χ0v) is 11.3. The zero-order chi connectivity index (χ0) is 14.8. The lowest BCUT2D eigenvalue weighted by atomic mass is 10.1. The van der Waals surface area contributed by atoms with Crippen LogP contribution >= 0.6 is 22.9 Å². The lowest BCUT2D eigenvalue weighted by Crippen LogP contribution is -2.13. The van der Waals surface area contributed by atoms with E-state index in [1.807, 2.05) is 0 Å². The minimum Gasteiger partial charge on any atom is -0.454 e. The van der Waals surface area contributed by atoms with Crippen molar-refractivity contribution in [1.82, 2.24) is 4.98 Å². The molecular weight excluding hydrogens is 315 g/mol. The van der Waals surface area contributed by atoms with Crippen LogP contribution in [0.15, 0.2) is 30.3 Å². The molecule has 2 aromatic rings. The highest BCUT2D eigenvalue weighted by atomic mass is 35.5. The Kier molecular flexibility index (Phi) is 4.29. The van der Waals surface area contributed by atoms with Gasteiger partial charge in [-0.3, -0.25) is 4.79 Å². The molecule has 0 saturated heterocycles. The molecule has 0 aliphatic heterocycles. The van der Waals surface area contributed by atoms with E-state index in [0.717, 1.165) is 0 Å². The number of carbonyl (C=O) groups is 1. The summed E-state index contributed by atoms with van der Waals surface area (Å²) in [6, 6.07) is 8.08. The van der Waals surface area contributed by atoms with Crippen molar-refractivity contribution in [3.8, 4) is 0 Å². The number of hydrogen-bond donors (Lipinski definition) is 0. The number of nitrogens with zero attached hydrogens (tertiary/aromatic N) is 1. The van der Waals surface area contributed by atoms with E-state index in [9.17, 15) is 18.0 Å². The van der Waals surface area contributed by atoms with Crippen LogP contribution in [0.25, 0.3) is 0 Å². The first-order chi connectivity index (χ1) is 9.43. The molecule has 1 atom stereocenters. The van der Waals surface area contributed by atoms with Crippen LogP contribution in [-0.4, -0.2) is 11.5 Å². The molecule has 1 unspecified atom stereocenters. The van der Waals surface area contributed by atoms with Crippen molar-refractivity contribution in [3.05, 3.63) is 50.9 Å². The minimum atomic E-state index is -4.67. The third-order valence-electron chi connectivity index (χ3n) is 2.43. The van der Waals surface area contributed by atoms with Crippen molar-refractivity contribution >= 4 is 29.4 Å². The number of hydrogen-bond acceptors (Lipinski definition) is 4. The second-order valence-electron chi connectivity index (χ2n) is 3.70. The first kappa shape index (κ1) is 14.8. The predicted octanol–water partition coefficient (Wildman–Crippen LogP) is 4.08. The van der Waals surface area contributed by atoms with Crippen LogP contribution < -0.4 is 0 Å². The molecule has 1 aromatic carbocycles. The Labute approximate surface area is 121 Å². The van der Waals surface area contributed by atoms with Gasteiger partial charge in [0.1, 0.15) is 0 Å². The topological polar surface area (TPSA) is 39.2 Å². The van der Waals surface area contributed by atoms with Crippen molar-refractivity contribution in [1.29, 1.82) is 0 Å². The van der Waals surface area contributed by atoms with Gasteiger partial charge in [-0.25, -0.2) is 4.98 Å². The van der Waals surface area contributed by atoms with E-state index < -0.39 is 18.0 Å². The summed E-state index contributed by atoms with van der Waals surface area (Å²) < 4.78 is 43.3. The first-order valence-electron chi connectivity index (χ1n) is 5.31. The van der Waals surface area contributed by atoms with Crippen molar-refractivity contribution in [2.45, 2.75) is 12.3 Å². The summed E-state index contributed by atoms with van der Waals surface area (Å²) in [5.41, 5.74) is -0.728. The minimum absolute atomic E-state index is 0.103. The molecule has 0 amide bonds. The van der Waals surface area contributed by atoms with Crippen LogP contribution in [0.2, 0.25) is 4.47 Å². The van der Waals surface area contributed by atoms with E-state index >= 15 is 0 Å². The number of rotatable bonds is 4. The van der Waals surface area contributed by atoms with Crippen LogP contribution in [-0.2, 0) is 15.7 Å². The molecular formula is C12H7ClF3NO2S. The number of thiazole rings is 1. The molecule has 0 fully saturated rings. The van der Waals surface area contributed by atoms with E-state index in [-0.39, 0.29) is 15.8 Å². The average Bonchev–Trinajstić information content (AvgIpc) is 2.79. The standard InChI is InChI=1S/C12H7ClF3NO2S/c13-11-17-10(12(14,15)16)9(20-11)8(19-6-18)7-4-2-1-3-5-7/h1-6,8H. The maximum atomic E-state index is 12.9. The Hall–Kier alpha value is -1.60. The van der Waals surface area contributed by atoms with Gasteiger partial charge in [0.05, 0.1) is 4.88 Å². The van der Waals surface area contributed by atoms with Gasteiger partial charge in [-0.1, -0.05) is 41.9 Å². The number of aromatic nitrogens is 1. The van der Waals surface area contributed by atoms with Crippen molar-refractivity contribution in [3.63, 3.8) is 0 Å². The lowest BCUT2D eigenvalue weighted by Gasteiger charge is -2.16. The molecule has 0 aliphatic carbocycles. The molecule has 1 aromatic heterocycles. The molecule has 20 heavy (non-hydrogen) atoms. The van der Waals surface area contributed by atoms with E-state index in [4.69, 9.17) is 16.3 Å². The van der Waals surface area contributed by atoms with Gasteiger partial charge in [-0.2, -0.15) is 13.2 Å². The number of ether oxygens (including phenoxy) is 1. The zero-order valence-electron chi connectivity index (χ0n) is 9.73. The molecule has 0 N–H and O–H groups in total.